The standard InChI is InChI=1S/C27H25FN4O3S/c1-15-10-21(31-24(11-15)32-23-13-17(16(2)28)7-9-29-23)22-14-30-26(36-22)27(35)8-3-4-18-12-19(25(33)34)5-6-20(18)27/h5-7,9-14,16,35H,3-4,8H2,1-2H3,(H,33,34)(H,29,31,32). The Kier molecular flexibility index (Phi) is 6.27. The maximum atomic E-state index is 13.7. The number of aliphatic hydroxyl groups is 1. The number of thiazole rings is 1. The van der Waals surface area contributed by atoms with E-state index in [-0.39, 0.29) is 5.56 Å². The zero-order chi connectivity index (χ0) is 25.4. The number of carboxylic acids is 1. The minimum absolute atomic E-state index is 0.211. The molecule has 3 N–H and O–H groups in total. The molecule has 184 valence electrons. The normalized spacial score (nSPS) is 17.9. The third-order valence-electron chi connectivity index (χ3n) is 6.36. The fourth-order valence-corrected chi connectivity index (χ4v) is 5.57. The molecule has 9 heteroatoms. The first kappa shape index (κ1) is 24.0. The van der Waals surface area contributed by atoms with E-state index in [1.54, 1.807) is 36.7 Å². The van der Waals surface area contributed by atoms with Crippen LogP contribution in [0.3, 0.4) is 0 Å². The van der Waals surface area contributed by atoms with Crippen molar-refractivity contribution in [2.75, 3.05) is 5.32 Å². The molecule has 7 nitrogen and oxygen atoms in total. The van der Waals surface area contributed by atoms with Crippen molar-refractivity contribution in [3.8, 4) is 10.6 Å². The zero-order valence-corrected chi connectivity index (χ0v) is 20.6. The molecular weight excluding hydrogens is 479 g/mol. The van der Waals surface area contributed by atoms with Crippen molar-refractivity contribution in [1.29, 1.82) is 0 Å². The van der Waals surface area contributed by atoms with Crippen LogP contribution in [-0.4, -0.2) is 31.1 Å². The van der Waals surface area contributed by atoms with Gasteiger partial charge in [0.05, 0.1) is 16.1 Å². The van der Waals surface area contributed by atoms with Crippen molar-refractivity contribution < 1.29 is 19.4 Å². The summed E-state index contributed by atoms with van der Waals surface area (Å²) in [5.41, 5.74) is 2.65. The Morgan fingerprint density at radius 1 is 1.17 bits per heavy atom. The van der Waals surface area contributed by atoms with Gasteiger partial charge in [0.25, 0.3) is 0 Å². The van der Waals surface area contributed by atoms with Gasteiger partial charge in [-0.25, -0.2) is 24.1 Å². The predicted octanol–water partition coefficient (Wildman–Crippen LogP) is 5.95. The quantitative estimate of drug-likeness (QED) is 0.298. The number of pyridine rings is 2. The number of nitrogens with zero attached hydrogens (tertiary/aromatic N) is 3. The maximum absolute atomic E-state index is 13.7. The van der Waals surface area contributed by atoms with E-state index < -0.39 is 17.7 Å². The van der Waals surface area contributed by atoms with Gasteiger partial charge in [-0.15, -0.1) is 11.3 Å². The highest BCUT2D eigenvalue weighted by molar-refractivity contribution is 7.15. The van der Waals surface area contributed by atoms with Crippen LogP contribution in [0, 0.1) is 6.92 Å². The number of aryl methyl sites for hydroxylation is 2. The topological polar surface area (TPSA) is 108 Å². The van der Waals surface area contributed by atoms with Crippen molar-refractivity contribution in [3.63, 3.8) is 0 Å². The average Bonchev–Trinajstić information content (AvgIpc) is 3.35. The first-order valence-corrected chi connectivity index (χ1v) is 12.5. The van der Waals surface area contributed by atoms with Gasteiger partial charge < -0.3 is 15.5 Å². The van der Waals surface area contributed by atoms with Gasteiger partial charge in [-0.3, -0.25) is 0 Å². The summed E-state index contributed by atoms with van der Waals surface area (Å²) in [6, 6.07) is 12.0. The smallest absolute Gasteiger partial charge is 0.335 e. The highest BCUT2D eigenvalue weighted by Gasteiger charge is 2.39. The van der Waals surface area contributed by atoms with E-state index in [1.807, 2.05) is 19.1 Å². The third kappa shape index (κ3) is 4.59. The van der Waals surface area contributed by atoms with Gasteiger partial charge in [0.1, 0.15) is 28.4 Å². The summed E-state index contributed by atoms with van der Waals surface area (Å²) in [6.45, 7) is 3.43. The van der Waals surface area contributed by atoms with Crippen molar-refractivity contribution in [2.24, 2.45) is 0 Å². The number of halogens is 1. The molecule has 0 radical (unpaired) electrons. The summed E-state index contributed by atoms with van der Waals surface area (Å²) >= 11 is 1.36. The third-order valence-corrected chi connectivity index (χ3v) is 7.53. The Hall–Kier alpha value is -3.69. The number of nitrogens with one attached hydrogen (secondary N) is 1. The molecule has 0 saturated heterocycles. The lowest BCUT2D eigenvalue weighted by molar-refractivity contribution is 0.0607. The Morgan fingerprint density at radius 3 is 2.78 bits per heavy atom. The number of carbonyl (C=O) groups is 1. The molecule has 0 saturated carbocycles. The van der Waals surface area contributed by atoms with Crippen LogP contribution in [0.4, 0.5) is 16.0 Å². The fourth-order valence-electron chi connectivity index (χ4n) is 4.56. The van der Waals surface area contributed by atoms with E-state index in [1.165, 1.54) is 24.3 Å². The zero-order valence-electron chi connectivity index (χ0n) is 19.8. The highest BCUT2D eigenvalue weighted by Crippen LogP contribution is 2.43. The molecule has 0 spiro atoms. The van der Waals surface area contributed by atoms with Crippen molar-refractivity contribution in [3.05, 3.63) is 87.7 Å². The number of hydrogen-bond donors (Lipinski definition) is 3. The van der Waals surface area contributed by atoms with Crippen LogP contribution in [0.25, 0.3) is 10.6 Å². The van der Waals surface area contributed by atoms with Gasteiger partial charge >= 0.3 is 5.97 Å². The van der Waals surface area contributed by atoms with Crippen LogP contribution >= 0.6 is 11.3 Å². The van der Waals surface area contributed by atoms with Crippen LogP contribution in [0.15, 0.2) is 54.9 Å². The Labute approximate surface area is 211 Å². The molecule has 4 aromatic rings. The lowest BCUT2D eigenvalue weighted by atomic mass is 9.79. The largest absolute Gasteiger partial charge is 0.478 e. The first-order valence-electron chi connectivity index (χ1n) is 11.6. The Morgan fingerprint density at radius 2 is 2.00 bits per heavy atom. The number of benzene rings is 1. The number of anilines is 2. The van der Waals surface area contributed by atoms with E-state index in [2.05, 4.69) is 15.3 Å². The minimum atomic E-state index is -1.29. The number of aromatic carboxylic acids is 1. The van der Waals surface area contributed by atoms with Gasteiger partial charge in [-0.1, -0.05) is 6.07 Å². The van der Waals surface area contributed by atoms with Gasteiger partial charge in [0, 0.05) is 12.4 Å². The molecule has 0 bridgehead atoms. The van der Waals surface area contributed by atoms with E-state index in [0.29, 0.717) is 46.3 Å². The SMILES string of the molecule is Cc1cc(Nc2cc(C(C)F)ccn2)nc(-c2cnc(C3(O)CCCc4cc(C(=O)O)ccc43)s2)c1. The first-order chi connectivity index (χ1) is 17.2. The number of rotatable bonds is 6. The molecule has 0 amide bonds. The van der Waals surface area contributed by atoms with Crippen LogP contribution in [-0.2, 0) is 12.0 Å². The number of carboxylic acid groups (broad SMARTS) is 1. The number of aromatic nitrogens is 3. The van der Waals surface area contributed by atoms with E-state index >= 15 is 0 Å². The van der Waals surface area contributed by atoms with Crippen LogP contribution in [0.1, 0.15) is 63.6 Å². The summed E-state index contributed by atoms with van der Waals surface area (Å²) in [4.78, 5) is 25.7. The van der Waals surface area contributed by atoms with Crippen molar-refractivity contribution in [1.82, 2.24) is 15.0 Å². The minimum Gasteiger partial charge on any atom is -0.478 e. The van der Waals surface area contributed by atoms with Crippen LogP contribution in [0.5, 0.6) is 0 Å². The van der Waals surface area contributed by atoms with Gasteiger partial charge in [0.2, 0.25) is 0 Å². The van der Waals surface area contributed by atoms with Gasteiger partial charge in [0.15, 0.2) is 0 Å². The summed E-state index contributed by atoms with van der Waals surface area (Å²) in [5, 5.41) is 24.7. The molecule has 3 aromatic heterocycles. The van der Waals surface area contributed by atoms with Crippen LogP contribution < -0.4 is 5.32 Å². The molecule has 2 unspecified atom stereocenters. The number of fused-ring (bicyclic) bond motifs is 1. The molecule has 2 atom stereocenters. The lowest BCUT2D eigenvalue weighted by Gasteiger charge is -2.33. The second-order valence-electron chi connectivity index (χ2n) is 9.05. The lowest BCUT2D eigenvalue weighted by Crippen LogP contribution is -2.32. The average molecular weight is 505 g/mol. The molecule has 1 aromatic carbocycles. The van der Waals surface area contributed by atoms with E-state index in [9.17, 15) is 19.4 Å². The Bertz CT molecular complexity index is 1450. The molecular formula is C27H25FN4O3S. The van der Waals surface area contributed by atoms with Crippen molar-refractivity contribution in [2.45, 2.75) is 44.9 Å². The number of hydrogen-bond acceptors (Lipinski definition) is 7. The summed E-state index contributed by atoms with van der Waals surface area (Å²) in [5.74, 6) is 0.0819. The predicted molar refractivity (Wildman–Crippen MR) is 136 cm³/mol. The highest BCUT2D eigenvalue weighted by atomic mass is 32.1. The molecule has 1 aliphatic rings. The summed E-state index contributed by atoms with van der Waals surface area (Å²) in [6.07, 6.45) is 4.10. The molecule has 3 heterocycles. The summed E-state index contributed by atoms with van der Waals surface area (Å²) < 4.78 is 13.7. The second-order valence-corrected chi connectivity index (χ2v) is 10.1. The second kappa shape index (κ2) is 9.40. The monoisotopic (exact) mass is 504 g/mol. The maximum Gasteiger partial charge on any atom is 0.335 e. The molecule has 36 heavy (non-hydrogen) atoms. The number of alkyl halides is 1. The van der Waals surface area contributed by atoms with Crippen LogP contribution in [0.2, 0.25) is 0 Å². The van der Waals surface area contributed by atoms with Crippen molar-refractivity contribution >= 4 is 28.9 Å². The molecule has 0 fully saturated rings. The molecule has 1 aliphatic carbocycles. The van der Waals surface area contributed by atoms with E-state index in [0.717, 1.165) is 22.4 Å². The summed E-state index contributed by atoms with van der Waals surface area (Å²) in [7, 11) is 0. The molecule has 5 rings (SSSR count). The van der Waals surface area contributed by atoms with E-state index in [4.69, 9.17) is 4.98 Å². The van der Waals surface area contributed by atoms with Gasteiger partial charge in [-0.05, 0) is 91.8 Å². The fraction of sp³-hybridized carbons (Fsp3) is 0.259. The molecule has 0 aliphatic heterocycles. The Balaban J connectivity index is 1.46. The van der Waals surface area contributed by atoms with Gasteiger partial charge in [-0.2, -0.15) is 0 Å².